The van der Waals surface area contributed by atoms with Crippen LogP contribution >= 0.6 is 0 Å². The lowest BCUT2D eigenvalue weighted by atomic mass is 10.1. The van der Waals surface area contributed by atoms with E-state index in [0.29, 0.717) is 19.6 Å². The molecular weight excluding hydrogens is 328 g/mol. The van der Waals surface area contributed by atoms with E-state index in [1.54, 1.807) is 0 Å². The van der Waals surface area contributed by atoms with Gasteiger partial charge in [0.25, 0.3) is 5.91 Å². The summed E-state index contributed by atoms with van der Waals surface area (Å²) in [5.41, 5.74) is 1.84. The number of anilines is 1. The van der Waals surface area contributed by atoms with Gasteiger partial charge in [0.05, 0.1) is 6.54 Å². The number of carbonyl (C=O) groups excluding carboxylic acids is 2. The molecule has 1 aromatic rings. The minimum absolute atomic E-state index is 0.0745. The number of hydrogen-bond acceptors (Lipinski definition) is 4. The van der Waals surface area contributed by atoms with Crippen molar-refractivity contribution < 1.29 is 9.59 Å². The normalized spacial score (nSPS) is 15.0. The van der Waals surface area contributed by atoms with Gasteiger partial charge in [-0.05, 0) is 45.0 Å². The molecule has 0 saturated carbocycles. The summed E-state index contributed by atoms with van der Waals surface area (Å²) in [4.78, 5) is 32.9. The van der Waals surface area contributed by atoms with Crippen molar-refractivity contribution in [2.45, 2.75) is 20.8 Å². The number of piperazine rings is 1. The first-order valence-electron chi connectivity index (χ1n) is 9.60. The zero-order valence-electron chi connectivity index (χ0n) is 16.6. The Kier molecular flexibility index (Phi) is 7.45. The van der Waals surface area contributed by atoms with Crippen LogP contribution in [-0.4, -0.2) is 85.9 Å². The third-order valence-corrected chi connectivity index (χ3v) is 5.16. The fourth-order valence-corrected chi connectivity index (χ4v) is 3.20. The molecule has 0 N–H and O–H groups in total. The smallest absolute Gasteiger partial charge is 0.253 e. The molecule has 0 aromatic heterocycles. The van der Waals surface area contributed by atoms with Crippen molar-refractivity contribution in [1.82, 2.24) is 14.7 Å². The van der Waals surface area contributed by atoms with Gasteiger partial charge in [-0.1, -0.05) is 0 Å². The highest BCUT2D eigenvalue weighted by molar-refractivity contribution is 5.94. The standard InChI is InChI=1S/C20H32N4O2/c1-5-21(4)18-10-8-17(9-11-18)20(26)24-14-12-22(13-15-24)16-19(25)23(6-2)7-3/h8-11H,5-7,12-16H2,1-4H3. The monoisotopic (exact) mass is 360 g/mol. The van der Waals surface area contributed by atoms with Gasteiger partial charge >= 0.3 is 0 Å². The molecule has 1 aromatic carbocycles. The molecule has 1 fully saturated rings. The third-order valence-electron chi connectivity index (χ3n) is 5.16. The van der Waals surface area contributed by atoms with Crippen molar-refractivity contribution in [2.24, 2.45) is 0 Å². The largest absolute Gasteiger partial charge is 0.375 e. The number of likely N-dealkylation sites (N-methyl/N-ethyl adjacent to an activating group) is 1. The van der Waals surface area contributed by atoms with Gasteiger partial charge in [-0.25, -0.2) is 0 Å². The van der Waals surface area contributed by atoms with Crippen molar-refractivity contribution >= 4 is 17.5 Å². The average molecular weight is 361 g/mol. The van der Waals surface area contributed by atoms with Crippen molar-refractivity contribution in [3.05, 3.63) is 29.8 Å². The van der Waals surface area contributed by atoms with Gasteiger partial charge in [0.15, 0.2) is 0 Å². The second-order valence-electron chi connectivity index (χ2n) is 6.70. The van der Waals surface area contributed by atoms with Gasteiger partial charge in [-0.2, -0.15) is 0 Å². The maximum Gasteiger partial charge on any atom is 0.253 e. The van der Waals surface area contributed by atoms with Crippen molar-refractivity contribution in [2.75, 3.05) is 64.3 Å². The SMILES string of the molecule is CCN(CC)C(=O)CN1CCN(C(=O)c2ccc(N(C)CC)cc2)CC1. The Morgan fingerprint density at radius 1 is 0.923 bits per heavy atom. The van der Waals surface area contributed by atoms with Crippen LogP contribution in [-0.2, 0) is 4.79 Å². The Morgan fingerprint density at radius 3 is 2.00 bits per heavy atom. The predicted octanol–water partition coefficient (Wildman–Crippen LogP) is 1.77. The van der Waals surface area contributed by atoms with Gasteiger partial charge in [0.2, 0.25) is 5.91 Å². The second-order valence-corrected chi connectivity index (χ2v) is 6.70. The molecule has 0 radical (unpaired) electrons. The molecule has 0 aliphatic carbocycles. The van der Waals surface area contributed by atoms with E-state index in [-0.39, 0.29) is 11.8 Å². The molecule has 26 heavy (non-hydrogen) atoms. The van der Waals surface area contributed by atoms with Crippen LogP contribution in [0, 0.1) is 0 Å². The van der Waals surface area contributed by atoms with Crippen LogP contribution in [0.15, 0.2) is 24.3 Å². The molecule has 0 spiro atoms. The fraction of sp³-hybridized carbons (Fsp3) is 0.600. The quantitative estimate of drug-likeness (QED) is 0.744. The van der Waals surface area contributed by atoms with Crippen LogP contribution in [0.1, 0.15) is 31.1 Å². The molecule has 1 aliphatic heterocycles. The Labute approximate surface area is 157 Å². The maximum absolute atomic E-state index is 12.7. The minimum atomic E-state index is 0.0745. The number of carbonyl (C=O) groups is 2. The topological polar surface area (TPSA) is 47.1 Å². The molecule has 0 atom stereocenters. The second kappa shape index (κ2) is 9.57. The van der Waals surface area contributed by atoms with Crippen LogP contribution < -0.4 is 4.90 Å². The molecule has 2 rings (SSSR count). The summed E-state index contributed by atoms with van der Waals surface area (Å²) < 4.78 is 0. The summed E-state index contributed by atoms with van der Waals surface area (Å²) in [6, 6.07) is 7.80. The van der Waals surface area contributed by atoms with E-state index < -0.39 is 0 Å². The average Bonchev–Trinajstić information content (AvgIpc) is 2.68. The van der Waals surface area contributed by atoms with Crippen LogP contribution in [0.3, 0.4) is 0 Å². The molecule has 1 saturated heterocycles. The molecular formula is C20H32N4O2. The van der Waals surface area contributed by atoms with Gasteiger partial charge in [-0.3, -0.25) is 14.5 Å². The summed E-state index contributed by atoms with van der Waals surface area (Å²) >= 11 is 0. The van der Waals surface area contributed by atoms with Crippen LogP contribution in [0.5, 0.6) is 0 Å². The number of nitrogens with zero attached hydrogens (tertiary/aromatic N) is 4. The van der Waals surface area contributed by atoms with Gasteiger partial charge in [0, 0.05) is 64.1 Å². The van der Waals surface area contributed by atoms with E-state index >= 15 is 0 Å². The minimum Gasteiger partial charge on any atom is -0.375 e. The summed E-state index contributed by atoms with van der Waals surface area (Å²) in [5.74, 6) is 0.246. The molecule has 1 heterocycles. The van der Waals surface area contributed by atoms with Crippen molar-refractivity contribution in [1.29, 1.82) is 0 Å². The highest BCUT2D eigenvalue weighted by atomic mass is 16.2. The highest BCUT2D eigenvalue weighted by Crippen LogP contribution is 2.15. The van der Waals surface area contributed by atoms with Gasteiger partial charge in [-0.15, -0.1) is 0 Å². The Hall–Kier alpha value is -2.08. The first-order chi connectivity index (χ1) is 12.5. The number of amides is 2. The lowest BCUT2D eigenvalue weighted by Crippen LogP contribution is -2.51. The molecule has 6 nitrogen and oxygen atoms in total. The lowest BCUT2D eigenvalue weighted by Gasteiger charge is -2.35. The molecule has 1 aliphatic rings. The van der Waals surface area contributed by atoms with Gasteiger partial charge < -0.3 is 14.7 Å². The lowest BCUT2D eigenvalue weighted by molar-refractivity contribution is -0.132. The fourth-order valence-electron chi connectivity index (χ4n) is 3.20. The van der Waals surface area contributed by atoms with Crippen LogP contribution in [0.4, 0.5) is 5.69 Å². The number of hydrogen-bond donors (Lipinski definition) is 0. The van der Waals surface area contributed by atoms with E-state index in [9.17, 15) is 9.59 Å². The van der Waals surface area contributed by atoms with E-state index in [1.807, 2.05) is 55.0 Å². The van der Waals surface area contributed by atoms with E-state index in [1.165, 1.54) is 0 Å². The summed E-state index contributed by atoms with van der Waals surface area (Å²) in [5, 5.41) is 0. The summed E-state index contributed by atoms with van der Waals surface area (Å²) in [6.45, 7) is 11.8. The van der Waals surface area contributed by atoms with Crippen LogP contribution in [0.25, 0.3) is 0 Å². The maximum atomic E-state index is 12.7. The van der Waals surface area contributed by atoms with E-state index in [0.717, 1.165) is 44.0 Å². The Balaban J connectivity index is 1.87. The predicted molar refractivity (Wildman–Crippen MR) is 106 cm³/mol. The Morgan fingerprint density at radius 2 is 1.50 bits per heavy atom. The van der Waals surface area contributed by atoms with Crippen LogP contribution in [0.2, 0.25) is 0 Å². The highest BCUT2D eigenvalue weighted by Gasteiger charge is 2.24. The molecule has 144 valence electrons. The number of benzene rings is 1. The van der Waals surface area contributed by atoms with Crippen molar-refractivity contribution in [3.63, 3.8) is 0 Å². The first-order valence-corrected chi connectivity index (χ1v) is 9.60. The van der Waals surface area contributed by atoms with E-state index in [2.05, 4.69) is 16.7 Å². The van der Waals surface area contributed by atoms with Gasteiger partial charge in [0.1, 0.15) is 0 Å². The molecule has 2 amide bonds. The molecule has 6 heteroatoms. The molecule has 0 unspecified atom stereocenters. The number of rotatable bonds is 7. The zero-order valence-corrected chi connectivity index (χ0v) is 16.6. The zero-order chi connectivity index (χ0) is 19.1. The Bertz CT molecular complexity index is 590. The van der Waals surface area contributed by atoms with Crippen molar-refractivity contribution in [3.8, 4) is 0 Å². The first kappa shape index (κ1) is 20.2. The molecule has 0 bridgehead atoms. The summed E-state index contributed by atoms with van der Waals surface area (Å²) in [7, 11) is 2.04. The third kappa shape index (κ3) is 4.97. The summed E-state index contributed by atoms with van der Waals surface area (Å²) in [6.07, 6.45) is 0. The van der Waals surface area contributed by atoms with E-state index in [4.69, 9.17) is 0 Å².